The number of benzene rings is 2. The summed E-state index contributed by atoms with van der Waals surface area (Å²) in [6, 6.07) is 17.1. The summed E-state index contributed by atoms with van der Waals surface area (Å²) in [7, 11) is 2.81. The van der Waals surface area contributed by atoms with Crippen LogP contribution in [0.25, 0.3) is 0 Å². The van der Waals surface area contributed by atoms with Gasteiger partial charge in [0.25, 0.3) is 0 Å². The van der Waals surface area contributed by atoms with E-state index in [1.165, 1.54) is 11.1 Å². The largest absolute Gasteiger partial charge is 0.343 e. The van der Waals surface area contributed by atoms with E-state index in [4.69, 9.17) is 9.47 Å². The number of rotatable bonds is 3. The summed E-state index contributed by atoms with van der Waals surface area (Å²) in [5.41, 5.74) is 4.18. The topological polar surface area (TPSA) is 18.5 Å². The molecule has 1 heterocycles. The van der Waals surface area contributed by atoms with Gasteiger partial charge in [-0.25, -0.2) is 0 Å². The van der Waals surface area contributed by atoms with Crippen molar-refractivity contribution in [3.8, 4) is 0 Å². The lowest BCUT2D eigenvalue weighted by atomic mass is 9.81. The maximum absolute atomic E-state index is 6.59. The molecule has 0 radical (unpaired) electrons. The molecule has 23 heavy (non-hydrogen) atoms. The molecule has 0 bridgehead atoms. The van der Waals surface area contributed by atoms with Crippen LogP contribution < -0.4 is 0 Å². The van der Waals surface area contributed by atoms with Crippen molar-refractivity contribution in [1.82, 2.24) is 0 Å². The second-order valence-corrected chi connectivity index (χ2v) is 7.29. The zero-order chi connectivity index (χ0) is 16.7. The fraction of sp³-hybridized carbons (Fsp3) is 0.400. The van der Waals surface area contributed by atoms with E-state index in [-0.39, 0.29) is 6.10 Å². The highest BCUT2D eigenvalue weighted by atomic mass is 31.0. The first kappa shape index (κ1) is 16.6. The Morgan fingerprint density at radius 3 is 1.91 bits per heavy atom. The molecule has 2 atom stereocenters. The zero-order valence-electron chi connectivity index (χ0n) is 14.3. The van der Waals surface area contributed by atoms with Crippen LogP contribution >= 0.6 is 9.24 Å². The summed E-state index contributed by atoms with van der Waals surface area (Å²) in [4.78, 5) is 0. The molecular formula is C20H25O2P. The fourth-order valence-corrected chi connectivity index (χ4v) is 3.95. The van der Waals surface area contributed by atoms with Crippen LogP contribution in [-0.4, -0.2) is 18.1 Å². The molecule has 3 heteroatoms. The number of hydrogen-bond acceptors (Lipinski definition) is 2. The predicted octanol–water partition coefficient (Wildman–Crippen LogP) is 4.57. The average molecular weight is 328 g/mol. The minimum absolute atomic E-state index is 0.0499. The van der Waals surface area contributed by atoms with Crippen molar-refractivity contribution in [3.05, 3.63) is 70.8 Å². The molecule has 1 fully saturated rings. The standard InChI is InChI=1S/C20H25O2P/c1-14-7-5-9-16(11-14)20(17-10-6-8-15(2)12-17)18(13-23)21-19(3,4)22-20/h5-12,18H,13,23H2,1-4H3. The van der Waals surface area contributed by atoms with Gasteiger partial charge >= 0.3 is 0 Å². The smallest absolute Gasteiger partial charge is 0.165 e. The molecule has 2 nitrogen and oxygen atoms in total. The van der Waals surface area contributed by atoms with Crippen LogP contribution in [0, 0.1) is 13.8 Å². The Labute approximate surface area is 141 Å². The highest BCUT2D eigenvalue weighted by Crippen LogP contribution is 2.49. The minimum Gasteiger partial charge on any atom is -0.343 e. The van der Waals surface area contributed by atoms with Crippen LogP contribution in [0.1, 0.15) is 36.1 Å². The molecule has 2 aromatic rings. The molecule has 2 aromatic carbocycles. The molecule has 0 N–H and O–H groups in total. The van der Waals surface area contributed by atoms with Crippen LogP contribution in [0.15, 0.2) is 48.5 Å². The first-order chi connectivity index (χ1) is 10.9. The zero-order valence-corrected chi connectivity index (χ0v) is 15.5. The monoisotopic (exact) mass is 328 g/mol. The van der Waals surface area contributed by atoms with E-state index in [1.54, 1.807) is 0 Å². The number of hydrogen-bond donors (Lipinski definition) is 0. The van der Waals surface area contributed by atoms with Crippen LogP contribution in [0.3, 0.4) is 0 Å². The summed E-state index contributed by atoms with van der Waals surface area (Å²) in [5.74, 6) is -0.616. The lowest BCUT2D eigenvalue weighted by Gasteiger charge is -2.34. The van der Waals surface area contributed by atoms with Gasteiger partial charge in [-0.05, 0) is 45.0 Å². The van der Waals surface area contributed by atoms with Crippen molar-refractivity contribution in [2.45, 2.75) is 45.2 Å². The Morgan fingerprint density at radius 1 is 0.957 bits per heavy atom. The van der Waals surface area contributed by atoms with Gasteiger partial charge in [-0.15, -0.1) is 9.24 Å². The first-order valence-corrected chi connectivity index (χ1v) is 8.91. The maximum Gasteiger partial charge on any atom is 0.165 e. The van der Waals surface area contributed by atoms with Gasteiger partial charge in [0.15, 0.2) is 5.79 Å². The van der Waals surface area contributed by atoms with E-state index >= 15 is 0 Å². The highest BCUT2D eigenvalue weighted by molar-refractivity contribution is 7.16. The van der Waals surface area contributed by atoms with E-state index in [9.17, 15) is 0 Å². The summed E-state index contributed by atoms with van der Waals surface area (Å²) >= 11 is 0. The summed E-state index contributed by atoms with van der Waals surface area (Å²) in [5, 5.41) is 0. The minimum atomic E-state index is -0.616. The Kier molecular flexibility index (Phi) is 4.35. The lowest BCUT2D eigenvalue weighted by Crippen LogP contribution is -2.39. The number of ether oxygens (including phenoxy) is 2. The molecule has 3 rings (SSSR count). The van der Waals surface area contributed by atoms with Crippen molar-refractivity contribution < 1.29 is 9.47 Å². The first-order valence-electron chi connectivity index (χ1n) is 8.10. The quantitative estimate of drug-likeness (QED) is 0.768. The van der Waals surface area contributed by atoms with Crippen molar-refractivity contribution in [3.63, 3.8) is 0 Å². The van der Waals surface area contributed by atoms with Crippen LogP contribution in [-0.2, 0) is 15.1 Å². The van der Waals surface area contributed by atoms with Gasteiger partial charge in [0.05, 0.1) is 0 Å². The van der Waals surface area contributed by atoms with Gasteiger partial charge < -0.3 is 9.47 Å². The average Bonchev–Trinajstić information content (AvgIpc) is 2.79. The predicted molar refractivity (Wildman–Crippen MR) is 97.8 cm³/mol. The summed E-state index contributed by atoms with van der Waals surface area (Å²) < 4.78 is 12.8. The molecule has 122 valence electrons. The Morgan fingerprint density at radius 2 is 1.48 bits per heavy atom. The normalized spacial score (nSPS) is 22.2. The molecule has 0 saturated carbocycles. The molecule has 0 aliphatic carbocycles. The van der Waals surface area contributed by atoms with E-state index in [2.05, 4.69) is 71.6 Å². The van der Waals surface area contributed by atoms with E-state index < -0.39 is 11.4 Å². The maximum atomic E-state index is 6.59. The second kappa shape index (κ2) is 6.02. The van der Waals surface area contributed by atoms with Gasteiger partial charge in [-0.1, -0.05) is 59.7 Å². The molecule has 1 saturated heterocycles. The Bertz CT molecular complexity index is 663. The second-order valence-electron chi connectivity index (χ2n) is 6.82. The Hall–Kier alpha value is -1.21. The Balaban J connectivity index is 2.26. The molecule has 0 spiro atoms. The van der Waals surface area contributed by atoms with E-state index in [0.29, 0.717) is 0 Å². The SMILES string of the molecule is Cc1cccc(C2(c3cccc(C)c3)OC(C)(C)OC2CP)c1. The lowest BCUT2D eigenvalue weighted by molar-refractivity contribution is -0.157. The van der Waals surface area contributed by atoms with Gasteiger partial charge in [0.2, 0.25) is 0 Å². The molecule has 2 unspecified atom stereocenters. The van der Waals surface area contributed by atoms with Gasteiger partial charge in [-0.2, -0.15) is 0 Å². The fourth-order valence-electron chi connectivity index (χ4n) is 3.53. The van der Waals surface area contributed by atoms with Gasteiger partial charge in [0, 0.05) is 0 Å². The van der Waals surface area contributed by atoms with Crippen LogP contribution in [0.5, 0.6) is 0 Å². The third-order valence-corrected chi connectivity index (χ3v) is 4.82. The third-order valence-electron chi connectivity index (χ3n) is 4.39. The van der Waals surface area contributed by atoms with Crippen LogP contribution in [0.2, 0.25) is 0 Å². The summed E-state index contributed by atoms with van der Waals surface area (Å²) in [6.07, 6.45) is 0.761. The van der Waals surface area contributed by atoms with E-state index in [1.807, 2.05) is 13.8 Å². The van der Waals surface area contributed by atoms with Crippen molar-refractivity contribution >= 4 is 9.24 Å². The molecule has 1 aliphatic heterocycles. The van der Waals surface area contributed by atoms with Crippen LogP contribution in [0.4, 0.5) is 0 Å². The van der Waals surface area contributed by atoms with Crippen molar-refractivity contribution in [2.24, 2.45) is 0 Å². The highest BCUT2D eigenvalue weighted by Gasteiger charge is 2.54. The van der Waals surface area contributed by atoms with Crippen molar-refractivity contribution in [1.29, 1.82) is 0 Å². The van der Waals surface area contributed by atoms with Crippen molar-refractivity contribution in [2.75, 3.05) is 6.16 Å². The molecule has 0 amide bonds. The molecular weight excluding hydrogens is 303 g/mol. The molecule has 0 aromatic heterocycles. The van der Waals surface area contributed by atoms with E-state index in [0.717, 1.165) is 17.3 Å². The van der Waals surface area contributed by atoms with Gasteiger partial charge in [-0.3, -0.25) is 0 Å². The summed E-state index contributed by atoms with van der Waals surface area (Å²) in [6.45, 7) is 8.22. The van der Waals surface area contributed by atoms with Gasteiger partial charge in [0.1, 0.15) is 11.7 Å². The molecule has 1 aliphatic rings. The number of aryl methyl sites for hydroxylation is 2. The third kappa shape index (κ3) is 2.96.